The summed E-state index contributed by atoms with van der Waals surface area (Å²) >= 11 is 5.22. The van der Waals surface area contributed by atoms with Crippen molar-refractivity contribution >= 4 is 27.3 Å². The number of halogens is 1. The fraction of sp³-hybridized carbons (Fsp3) is 0.636. The van der Waals surface area contributed by atoms with Crippen LogP contribution in [0.2, 0.25) is 0 Å². The van der Waals surface area contributed by atoms with Crippen LogP contribution in [0, 0.1) is 0 Å². The van der Waals surface area contributed by atoms with E-state index in [4.69, 9.17) is 10.5 Å². The quantitative estimate of drug-likeness (QED) is 0.931. The lowest BCUT2D eigenvalue weighted by Crippen LogP contribution is -2.46. The van der Waals surface area contributed by atoms with Crippen LogP contribution in [0.15, 0.2) is 15.9 Å². The molecule has 16 heavy (non-hydrogen) atoms. The lowest BCUT2D eigenvalue weighted by atomic mass is 10.1. The summed E-state index contributed by atoms with van der Waals surface area (Å²) in [5.41, 5.74) is 6.26. The third-order valence-electron chi connectivity index (χ3n) is 2.97. The first-order valence-corrected chi connectivity index (χ1v) is 7.22. The van der Waals surface area contributed by atoms with Gasteiger partial charge < -0.3 is 10.5 Å². The summed E-state index contributed by atoms with van der Waals surface area (Å²) in [5, 5.41) is 2.06. The molecule has 0 aromatic carbocycles. The van der Waals surface area contributed by atoms with Crippen molar-refractivity contribution in [2.75, 3.05) is 26.2 Å². The van der Waals surface area contributed by atoms with Crippen LogP contribution in [0.5, 0.6) is 0 Å². The largest absolute Gasteiger partial charge is 0.374 e. The van der Waals surface area contributed by atoms with E-state index in [0.717, 1.165) is 30.7 Å². The second-order valence-electron chi connectivity index (χ2n) is 3.96. The second kappa shape index (κ2) is 5.60. The van der Waals surface area contributed by atoms with Gasteiger partial charge in [-0.25, -0.2) is 0 Å². The molecule has 0 bridgehead atoms. The third kappa shape index (κ3) is 2.65. The molecule has 0 aliphatic carbocycles. The minimum Gasteiger partial charge on any atom is -0.374 e. The Kier molecular flexibility index (Phi) is 4.38. The van der Waals surface area contributed by atoms with E-state index in [0.29, 0.717) is 0 Å². The summed E-state index contributed by atoms with van der Waals surface area (Å²) < 4.78 is 6.87. The Morgan fingerprint density at radius 1 is 1.75 bits per heavy atom. The predicted octanol–water partition coefficient (Wildman–Crippen LogP) is 2.23. The van der Waals surface area contributed by atoms with E-state index < -0.39 is 0 Å². The van der Waals surface area contributed by atoms with Crippen molar-refractivity contribution in [3.8, 4) is 0 Å². The zero-order valence-electron chi connectivity index (χ0n) is 9.36. The average molecular weight is 305 g/mol. The van der Waals surface area contributed by atoms with Crippen molar-refractivity contribution in [2.24, 2.45) is 5.73 Å². The number of morpholine rings is 1. The zero-order chi connectivity index (χ0) is 11.5. The first kappa shape index (κ1) is 12.5. The standard InChI is InChI=1S/C11H17BrN2OS/c1-2-14-4-5-15-9(7-14)10(13)11-8(12)3-6-16-11/h3,6,9-10H,2,4-5,7,13H2,1H3. The number of thiophene rings is 1. The van der Waals surface area contributed by atoms with Crippen molar-refractivity contribution in [3.05, 3.63) is 20.8 Å². The van der Waals surface area contributed by atoms with Crippen LogP contribution in [0.1, 0.15) is 17.8 Å². The van der Waals surface area contributed by atoms with E-state index in [1.165, 1.54) is 4.88 Å². The molecule has 2 N–H and O–H groups in total. The highest BCUT2D eigenvalue weighted by atomic mass is 79.9. The highest BCUT2D eigenvalue weighted by Crippen LogP contribution is 2.31. The molecule has 1 fully saturated rings. The number of nitrogens with zero attached hydrogens (tertiary/aromatic N) is 1. The van der Waals surface area contributed by atoms with Crippen molar-refractivity contribution in [1.82, 2.24) is 4.90 Å². The Labute approximate surface area is 109 Å². The van der Waals surface area contributed by atoms with Crippen LogP contribution in [0.3, 0.4) is 0 Å². The molecule has 1 aliphatic heterocycles. The fourth-order valence-corrected chi connectivity index (χ4v) is 3.64. The summed E-state index contributed by atoms with van der Waals surface area (Å²) in [5.74, 6) is 0. The average Bonchev–Trinajstić information content (AvgIpc) is 2.74. The molecule has 2 atom stereocenters. The monoisotopic (exact) mass is 304 g/mol. The number of nitrogens with two attached hydrogens (primary N) is 1. The Hall–Kier alpha value is 0.0600. The van der Waals surface area contributed by atoms with Gasteiger partial charge in [0.2, 0.25) is 0 Å². The molecule has 5 heteroatoms. The number of ether oxygens (including phenoxy) is 1. The number of rotatable bonds is 3. The zero-order valence-corrected chi connectivity index (χ0v) is 11.8. The lowest BCUT2D eigenvalue weighted by molar-refractivity contribution is -0.0388. The second-order valence-corrected chi connectivity index (χ2v) is 5.76. The van der Waals surface area contributed by atoms with Crippen molar-refractivity contribution in [2.45, 2.75) is 19.1 Å². The van der Waals surface area contributed by atoms with E-state index in [9.17, 15) is 0 Å². The van der Waals surface area contributed by atoms with Gasteiger partial charge in [0, 0.05) is 22.4 Å². The minimum absolute atomic E-state index is 0.0243. The van der Waals surface area contributed by atoms with Gasteiger partial charge in [-0.05, 0) is 33.9 Å². The van der Waals surface area contributed by atoms with Gasteiger partial charge in [-0.2, -0.15) is 0 Å². The van der Waals surface area contributed by atoms with E-state index in [2.05, 4.69) is 33.1 Å². The van der Waals surface area contributed by atoms with Crippen LogP contribution in [0.25, 0.3) is 0 Å². The minimum atomic E-state index is -0.0243. The van der Waals surface area contributed by atoms with Gasteiger partial charge >= 0.3 is 0 Å². The maximum absolute atomic E-state index is 6.26. The molecule has 2 heterocycles. The highest BCUT2D eigenvalue weighted by molar-refractivity contribution is 9.10. The summed E-state index contributed by atoms with van der Waals surface area (Å²) in [7, 11) is 0. The first-order valence-electron chi connectivity index (χ1n) is 5.54. The topological polar surface area (TPSA) is 38.5 Å². The Bertz CT molecular complexity index is 344. The smallest absolute Gasteiger partial charge is 0.0903 e. The summed E-state index contributed by atoms with van der Waals surface area (Å²) in [6.07, 6.45) is 0.114. The van der Waals surface area contributed by atoms with Crippen LogP contribution in [-0.2, 0) is 4.74 Å². The van der Waals surface area contributed by atoms with Gasteiger partial charge in [-0.15, -0.1) is 11.3 Å². The van der Waals surface area contributed by atoms with E-state index in [-0.39, 0.29) is 12.1 Å². The molecule has 1 aromatic heterocycles. The van der Waals surface area contributed by atoms with E-state index in [1.54, 1.807) is 11.3 Å². The molecular formula is C11H17BrN2OS. The van der Waals surface area contributed by atoms with Crippen molar-refractivity contribution in [1.29, 1.82) is 0 Å². The third-order valence-corrected chi connectivity index (χ3v) is 4.94. The molecule has 3 nitrogen and oxygen atoms in total. The van der Waals surface area contributed by atoms with Gasteiger partial charge in [0.1, 0.15) is 0 Å². The first-order chi connectivity index (χ1) is 7.72. The molecule has 1 aliphatic rings. The molecule has 0 radical (unpaired) electrons. The SMILES string of the molecule is CCN1CCOC(C(N)c2sccc2Br)C1. The molecule has 0 amide bonds. The fourth-order valence-electron chi connectivity index (χ4n) is 1.95. The van der Waals surface area contributed by atoms with E-state index in [1.807, 2.05) is 6.07 Å². The lowest BCUT2D eigenvalue weighted by Gasteiger charge is -2.34. The number of hydrogen-bond donors (Lipinski definition) is 1. The summed E-state index contributed by atoms with van der Waals surface area (Å²) in [6.45, 7) is 5.98. The maximum Gasteiger partial charge on any atom is 0.0903 e. The van der Waals surface area contributed by atoms with Crippen LogP contribution in [0.4, 0.5) is 0 Å². The molecular weight excluding hydrogens is 288 g/mol. The molecule has 0 spiro atoms. The van der Waals surface area contributed by atoms with E-state index >= 15 is 0 Å². The molecule has 1 aromatic rings. The van der Waals surface area contributed by atoms with Gasteiger partial charge in [0.15, 0.2) is 0 Å². The van der Waals surface area contributed by atoms with Crippen LogP contribution < -0.4 is 5.73 Å². The molecule has 0 saturated carbocycles. The molecule has 2 unspecified atom stereocenters. The van der Waals surface area contributed by atoms with Gasteiger partial charge in [-0.1, -0.05) is 6.92 Å². The molecule has 2 rings (SSSR count). The molecule has 90 valence electrons. The Morgan fingerprint density at radius 2 is 2.56 bits per heavy atom. The van der Waals surface area contributed by atoms with Crippen molar-refractivity contribution < 1.29 is 4.74 Å². The number of likely N-dealkylation sites (N-methyl/N-ethyl adjacent to an activating group) is 1. The van der Waals surface area contributed by atoms with Gasteiger partial charge in [-0.3, -0.25) is 4.90 Å². The van der Waals surface area contributed by atoms with Gasteiger partial charge in [0.05, 0.1) is 18.8 Å². The summed E-state index contributed by atoms with van der Waals surface area (Å²) in [6, 6.07) is 2.02. The van der Waals surface area contributed by atoms with Crippen LogP contribution in [-0.4, -0.2) is 37.2 Å². The van der Waals surface area contributed by atoms with Crippen molar-refractivity contribution in [3.63, 3.8) is 0 Å². The Balaban J connectivity index is 2.04. The molecule has 1 saturated heterocycles. The van der Waals surface area contributed by atoms with Crippen LogP contribution >= 0.6 is 27.3 Å². The summed E-state index contributed by atoms with van der Waals surface area (Å²) in [4.78, 5) is 3.57. The van der Waals surface area contributed by atoms with Gasteiger partial charge in [0.25, 0.3) is 0 Å². The highest BCUT2D eigenvalue weighted by Gasteiger charge is 2.27. The normalized spacial score (nSPS) is 24.6. The number of hydrogen-bond acceptors (Lipinski definition) is 4. The maximum atomic E-state index is 6.26. The Morgan fingerprint density at radius 3 is 3.19 bits per heavy atom. The predicted molar refractivity (Wildman–Crippen MR) is 70.8 cm³/mol.